The standard InChI is InChI=1S/C15H18FNO2/c1-11-8-9-17(14(11)10-18)15(19)7-4-12-2-5-13(16)6-3-12/h2-7,11,14,18H,8-10H2,1H3/b7-4+. The Balaban J connectivity index is 2.02. The van der Waals surface area contributed by atoms with Crippen LogP contribution >= 0.6 is 0 Å². The lowest BCUT2D eigenvalue weighted by molar-refractivity contribution is -0.127. The first-order valence-electron chi connectivity index (χ1n) is 6.47. The fraction of sp³-hybridized carbons (Fsp3) is 0.400. The van der Waals surface area contributed by atoms with Gasteiger partial charge in [0, 0.05) is 12.6 Å². The van der Waals surface area contributed by atoms with Gasteiger partial charge >= 0.3 is 0 Å². The van der Waals surface area contributed by atoms with E-state index in [0.29, 0.717) is 12.5 Å². The number of amides is 1. The molecule has 19 heavy (non-hydrogen) atoms. The van der Waals surface area contributed by atoms with Crippen molar-refractivity contribution in [2.24, 2.45) is 5.92 Å². The van der Waals surface area contributed by atoms with E-state index in [9.17, 15) is 14.3 Å². The van der Waals surface area contributed by atoms with E-state index in [2.05, 4.69) is 0 Å². The van der Waals surface area contributed by atoms with Crippen LogP contribution in [0.5, 0.6) is 0 Å². The molecule has 1 aliphatic rings. The molecule has 1 amide bonds. The van der Waals surface area contributed by atoms with Gasteiger partial charge in [-0.2, -0.15) is 0 Å². The number of carbonyl (C=O) groups excluding carboxylic acids is 1. The highest BCUT2D eigenvalue weighted by Gasteiger charge is 2.32. The first-order valence-corrected chi connectivity index (χ1v) is 6.47. The van der Waals surface area contributed by atoms with Gasteiger partial charge in [0.05, 0.1) is 12.6 Å². The summed E-state index contributed by atoms with van der Waals surface area (Å²) in [6.45, 7) is 2.72. The Bertz CT molecular complexity index is 470. The van der Waals surface area contributed by atoms with Crippen LogP contribution in [0.3, 0.4) is 0 Å². The summed E-state index contributed by atoms with van der Waals surface area (Å²) in [5, 5.41) is 9.31. The maximum Gasteiger partial charge on any atom is 0.246 e. The molecule has 1 aromatic rings. The number of benzene rings is 1. The highest BCUT2D eigenvalue weighted by atomic mass is 19.1. The molecule has 0 spiro atoms. The minimum Gasteiger partial charge on any atom is -0.394 e. The minimum absolute atomic E-state index is 0.00268. The molecule has 0 aliphatic carbocycles. The van der Waals surface area contributed by atoms with Crippen LogP contribution in [0.25, 0.3) is 6.08 Å². The van der Waals surface area contributed by atoms with Crippen molar-refractivity contribution in [1.82, 2.24) is 4.90 Å². The van der Waals surface area contributed by atoms with Crippen LogP contribution in [0.2, 0.25) is 0 Å². The Hall–Kier alpha value is -1.68. The summed E-state index contributed by atoms with van der Waals surface area (Å²) < 4.78 is 12.7. The van der Waals surface area contributed by atoms with Crippen LogP contribution in [-0.4, -0.2) is 35.1 Å². The summed E-state index contributed by atoms with van der Waals surface area (Å²) in [5.74, 6) is -0.0712. The van der Waals surface area contributed by atoms with Crippen LogP contribution in [-0.2, 0) is 4.79 Å². The number of halogens is 1. The van der Waals surface area contributed by atoms with E-state index >= 15 is 0 Å². The van der Waals surface area contributed by atoms with E-state index in [1.807, 2.05) is 6.92 Å². The zero-order valence-electron chi connectivity index (χ0n) is 10.9. The van der Waals surface area contributed by atoms with Crippen molar-refractivity contribution in [3.63, 3.8) is 0 Å². The van der Waals surface area contributed by atoms with Crippen LogP contribution in [0.4, 0.5) is 4.39 Å². The number of aliphatic hydroxyl groups excluding tert-OH is 1. The van der Waals surface area contributed by atoms with Crippen molar-refractivity contribution in [3.05, 3.63) is 41.7 Å². The topological polar surface area (TPSA) is 40.5 Å². The number of nitrogens with zero attached hydrogens (tertiary/aromatic N) is 1. The van der Waals surface area contributed by atoms with Crippen LogP contribution < -0.4 is 0 Å². The first kappa shape index (κ1) is 13.7. The molecule has 0 radical (unpaired) electrons. The van der Waals surface area contributed by atoms with Crippen molar-refractivity contribution in [1.29, 1.82) is 0 Å². The third-order valence-corrected chi connectivity index (χ3v) is 3.64. The van der Waals surface area contributed by atoms with Gasteiger partial charge in [0.1, 0.15) is 5.82 Å². The maximum absolute atomic E-state index is 12.7. The monoisotopic (exact) mass is 263 g/mol. The van der Waals surface area contributed by atoms with Gasteiger partial charge in [0.15, 0.2) is 0 Å². The normalized spacial score (nSPS) is 23.2. The second kappa shape index (κ2) is 5.97. The third kappa shape index (κ3) is 3.20. The lowest BCUT2D eigenvalue weighted by atomic mass is 10.0. The minimum atomic E-state index is -0.294. The van der Waals surface area contributed by atoms with Gasteiger partial charge in [0.25, 0.3) is 0 Å². The average molecular weight is 263 g/mol. The molecule has 102 valence electrons. The second-order valence-corrected chi connectivity index (χ2v) is 4.93. The van der Waals surface area contributed by atoms with Gasteiger partial charge in [0.2, 0.25) is 5.91 Å². The van der Waals surface area contributed by atoms with E-state index < -0.39 is 0 Å². The third-order valence-electron chi connectivity index (χ3n) is 3.64. The fourth-order valence-electron chi connectivity index (χ4n) is 2.40. The summed E-state index contributed by atoms with van der Waals surface area (Å²) in [5.41, 5.74) is 0.780. The lowest BCUT2D eigenvalue weighted by Gasteiger charge is -2.23. The number of carbonyl (C=O) groups is 1. The Morgan fingerprint density at radius 1 is 1.47 bits per heavy atom. The molecule has 0 bridgehead atoms. The van der Waals surface area contributed by atoms with Crippen LogP contribution in [0.15, 0.2) is 30.3 Å². The summed E-state index contributed by atoms with van der Waals surface area (Å²) in [6.07, 6.45) is 4.06. The summed E-state index contributed by atoms with van der Waals surface area (Å²) in [6, 6.07) is 5.87. The number of hydrogen-bond donors (Lipinski definition) is 1. The Kier molecular flexibility index (Phi) is 4.32. The Morgan fingerprint density at radius 2 is 2.16 bits per heavy atom. The Morgan fingerprint density at radius 3 is 2.79 bits per heavy atom. The van der Waals surface area contributed by atoms with Gasteiger partial charge in [-0.1, -0.05) is 19.1 Å². The molecule has 2 rings (SSSR count). The van der Waals surface area contributed by atoms with Gasteiger partial charge in [-0.25, -0.2) is 4.39 Å². The summed E-state index contributed by atoms with van der Waals surface area (Å²) in [7, 11) is 0. The predicted molar refractivity (Wildman–Crippen MR) is 71.8 cm³/mol. The van der Waals surface area contributed by atoms with Crippen molar-refractivity contribution in [2.45, 2.75) is 19.4 Å². The summed E-state index contributed by atoms with van der Waals surface area (Å²) >= 11 is 0. The SMILES string of the molecule is CC1CCN(C(=O)/C=C/c2ccc(F)cc2)C1CO. The molecule has 0 saturated carbocycles. The van der Waals surface area contributed by atoms with Gasteiger partial charge in [-0.05, 0) is 36.1 Å². The molecular weight excluding hydrogens is 245 g/mol. The zero-order chi connectivity index (χ0) is 13.8. The van der Waals surface area contributed by atoms with Crippen molar-refractivity contribution >= 4 is 12.0 Å². The van der Waals surface area contributed by atoms with Gasteiger partial charge in [-0.15, -0.1) is 0 Å². The number of rotatable bonds is 3. The average Bonchev–Trinajstić information content (AvgIpc) is 2.79. The molecule has 1 aromatic carbocycles. The highest BCUT2D eigenvalue weighted by Crippen LogP contribution is 2.23. The lowest BCUT2D eigenvalue weighted by Crippen LogP contribution is -2.38. The zero-order valence-corrected chi connectivity index (χ0v) is 10.9. The number of hydrogen-bond acceptors (Lipinski definition) is 2. The molecule has 1 fully saturated rings. The summed E-state index contributed by atoms with van der Waals surface area (Å²) in [4.78, 5) is 13.8. The molecule has 4 heteroatoms. The number of aliphatic hydroxyl groups is 1. The van der Waals surface area contributed by atoms with E-state index in [1.165, 1.54) is 18.2 Å². The fourth-order valence-corrected chi connectivity index (χ4v) is 2.40. The molecule has 2 atom stereocenters. The molecule has 1 aliphatic heterocycles. The van der Waals surface area contributed by atoms with E-state index in [4.69, 9.17) is 0 Å². The smallest absolute Gasteiger partial charge is 0.246 e. The molecule has 1 heterocycles. The van der Waals surface area contributed by atoms with E-state index in [0.717, 1.165) is 12.0 Å². The quantitative estimate of drug-likeness (QED) is 0.848. The number of likely N-dealkylation sites (tertiary alicyclic amines) is 1. The van der Waals surface area contributed by atoms with Crippen LogP contribution in [0, 0.1) is 11.7 Å². The second-order valence-electron chi connectivity index (χ2n) is 4.93. The van der Waals surface area contributed by atoms with Crippen molar-refractivity contribution < 1.29 is 14.3 Å². The predicted octanol–water partition coefficient (Wildman–Crippen LogP) is 2.07. The largest absolute Gasteiger partial charge is 0.394 e. The van der Waals surface area contributed by atoms with Gasteiger partial charge in [-0.3, -0.25) is 4.79 Å². The van der Waals surface area contributed by atoms with Gasteiger partial charge < -0.3 is 10.0 Å². The van der Waals surface area contributed by atoms with Crippen LogP contribution in [0.1, 0.15) is 18.9 Å². The van der Waals surface area contributed by atoms with E-state index in [-0.39, 0.29) is 24.4 Å². The molecule has 2 unspecified atom stereocenters. The molecule has 1 N–H and O–H groups in total. The van der Waals surface area contributed by atoms with E-state index in [1.54, 1.807) is 23.1 Å². The molecule has 3 nitrogen and oxygen atoms in total. The molecular formula is C15H18FNO2. The molecule has 1 saturated heterocycles. The van der Waals surface area contributed by atoms with Crippen molar-refractivity contribution in [3.8, 4) is 0 Å². The first-order chi connectivity index (χ1) is 9.11. The maximum atomic E-state index is 12.7. The Labute approximate surface area is 112 Å². The molecule has 0 aromatic heterocycles. The highest BCUT2D eigenvalue weighted by molar-refractivity contribution is 5.92. The van der Waals surface area contributed by atoms with Crippen molar-refractivity contribution in [2.75, 3.05) is 13.2 Å².